The monoisotopic (exact) mass is 368 g/mol. The van der Waals surface area contributed by atoms with Crippen molar-refractivity contribution in [1.82, 2.24) is 15.5 Å². The molecule has 2 unspecified atom stereocenters. The van der Waals surface area contributed by atoms with Crippen molar-refractivity contribution >= 4 is 5.96 Å². The van der Waals surface area contributed by atoms with Crippen LogP contribution in [-0.2, 0) is 9.47 Å². The summed E-state index contributed by atoms with van der Waals surface area (Å²) in [5, 5.41) is 6.94. The molecule has 2 N–H and O–H groups in total. The maximum absolute atomic E-state index is 5.80. The molecule has 0 aromatic rings. The number of nitrogens with one attached hydrogen (secondary N) is 2. The third-order valence-corrected chi connectivity index (χ3v) is 5.61. The number of hydrogen-bond donors (Lipinski definition) is 2. The van der Waals surface area contributed by atoms with Crippen LogP contribution in [-0.4, -0.2) is 76.1 Å². The van der Waals surface area contributed by atoms with E-state index in [0.29, 0.717) is 18.1 Å². The van der Waals surface area contributed by atoms with Crippen LogP contribution < -0.4 is 10.6 Å². The van der Waals surface area contributed by atoms with Crippen LogP contribution in [0.15, 0.2) is 4.99 Å². The van der Waals surface area contributed by atoms with E-state index >= 15 is 0 Å². The van der Waals surface area contributed by atoms with Gasteiger partial charge in [0.2, 0.25) is 0 Å². The first-order chi connectivity index (χ1) is 12.6. The van der Waals surface area contributed by atoms with Gasteiger partial charge in [0, 0.05) is 39.4 Å². The molecule has 2 atom stereocenters. The van der Waals surface area contributed by atoms with Crippen LogP contribution in [0, 0.1) is 11.8 Å². The first kappa shape index (κ1) is 21.5. The highest BCUT2D eigenvalue weighted by Gasteiger charge is 2.25. The van der Waals surface area contributed by atoms with Crippen molar-refractivity contribution in [2.75, 3.05) is 53.0 Å². The van der Waals surface area contributed by atoms with Gasteiger partial charge in [-0.1, -0.05) is 20.8 Å². The number of hydrogen-bond acceptors (Lipinski definition) is 4. The van der Waals surface area contributed by atoms with Gasteiger partial charge < -0.3 is 20.1 Å². The molecule has 2 aliphatic rings. The number of piperidine rings is 1. The fourth-order valence-corrected chi connectivity index (χ4v) is 3.74. The highest BCUT2D eigenvalue weighted by molar-refractivity contribution is 5.79. The zero-order chi connectivity index (χ0) is 18.8. The molecule has 2 aliphatic heterocycles. The Morgan fingerprint density at radius 2 is 2.00 bits per heavy atom. The molecule has 0 spiro atoms. The molecule has 26 heavy (non-hydrogen) atoms. The first-order valence-corrected chi connectivity index (χ1v) is 10.5. The minimum Gasteiger partial charge on any atom is -0.379 e. The van der Waals surface area contributed by atoms with E-state index in [2.05, 4.69) is 41.3 Å². The number of guanidine groups is 1. The average molecular weight is 369 g/mol. The van der Waals surface area contributed by atoms with Gasteiger partial charge >= 0.3 is 0 Å². The van der Waals surface area contributed by atoms with E-state index in [0.717, 1.165) is 57.6 Å². The van der Waals surface area contributed by atoms with Crippen molar-refractivity contribution in [2.24, 2.45) is 16.8 Å². The minimum absolute atomic E-state index is 0.298. The van der Waals surface area contributed by atoms with Crippen molar-refractivity contribution in [3.63, 3.8) is 0 Å². The molecule has 2 rings (SSSR count). The summed E-state index contributed by atoms with van der Waals surface area (Å²) in [5.74, 6) is 2.40. The Balaban J connectivity index is 1.63. The molecular formula is C20H40N4O2. The molecule has 0 radical (unpaired) electrons. The highest BCUT2D eigenvalue weighted by atomic mass is 16.5. The lowest BCUT2D eigenvalue weighted by Crippen LogP contribution is -2.51. The van der Waals surface area contributed by atoms with Crippen LogP contribution >= 0.6 is 0 Å². The minimum atomic E-state index is 0.298. The standard InChI is InChI=1S/C20H40N4O2/c1-16(2)19(24-10-6-17(3)7-11-24)14-23-20(21-4)22-9-5-12-26-18-8-13-25-15-18/h16-19H,5-15H2,1-4H3,(H2,21,22,23). The van der Waals surface area contributed by atoms with Crippen LogP contribution in [0.1, 0.15) is 46.5 Å². The summed E-state index contributed by atoms with van der Waals surface area (Å²) in [6.45, 7) is 13.7. The lowest BCUT2D eigenvalue weighted by atomic mass is 9.94. The van der Waals surface area contributed by atoms with E-state index in [4.69, 9.17) is 9.47 Å². The summed E-state index contributed by atoms with van der Waals surface area (Å²) in [6.07, 6.45) is 4.95. The SMILES string of the molecule is CN=C(NCCCOC1CCOC1)NCC(C(C)C)N1CCC(C)CC1. The Labute approximate surface area is 160 Å². The Bertz CT molecular complexity index is 403. The van der Waals surface area contributed by atoms with E-state index in [1.54, 1.807) is 0 Å². The van der Waals surface area contributed by atoms with Crippen molar-refractivity contribution in [3.8, 4) is 0 Å². The number of likely N-dealkylation sites (tertiary alicyclic amines) is 1. The summed E-state index contributed by atoms with van der Waals surface area (Å²) in [6, 6.07) is 0.562. The predicted molar refractivity (Wildman–Crippen MR) is 108 cm³/mol. The first-order valence-electron chi connectivity index (χ1n) is 10.5. The summed E-state index contributed by atoms with van der Waals surface area (Å²) in [4.78, 5) is 7.02. The molecule has 0 aromatic heterocycles. The Morgan fingerprint density at radius 3 is 2.62 bits per heavy atom. The smallest absolute Gasteiger partial charge is 0.191 e. The largest absolute Gasteiger partial charge is 0.379 e. The van der Waals surface area contributed by atoms with E-state index in [1.165, 1.54) is 25.9 Å². The van der Waals surface area contributed by atoms with Gasteiger partial charge in [0.25, 0.3) is 0 Å². The predicted octanol–water partition coefficient (Wildman–Crippen LogP) is 2.10. The van der Waals surface area contributed by atoms with E-state index in [-0.39, 0.29) is 0 Å². The van der Waals surface area contributed by atoms with Crippen LogP contribution in [0.4, 0.5) is 0 Å². The summed E-state index contributed by atoms with van der Waals surface area (Å²) in [7, 11) is 1.84. The summed E-state index contributed by atoms with van der Waals surface area (Å²) in [5.41, 5.74) is 0. The van der Waals surface area contributed by atoms with Gasteiger partial charge in [-0.25, -0.2) is 0 Å². The lowest BCUT2D eigenvalue weighted by molar-refractivity contribution is 0.0420. The molecule has 0 aliphatic carbocycles. The van der Waals surface area contributed by atoms with Crippen molar-refractivity contribution in [2.45, 2.75) is 58.6 Å². The Morgan fingerprint density at radius 1 is 1.23 bits per heavy atom. The van der Waals surface area contributed by atoms with Gasteiger partial charge in [0.15, 0.2) is 5.96 Å². The maximum Gasteiger partial charge on any atom is 0.191 e. The van der Waals surface area contributed by atoms with E-state index < -0.39 is 0 Å². The van der Waals surface area contributed by atoms with Crippen molar-refractivity contribution < 1.29 is 9.47 Å². The zero-order valence-electron chi connectivity index (χ0n) is 17.3. The Kier molecular flexibility index (Phi) is 9.72. The third kappa shape index (κ3) is 7.41. The van der Waals surface area contributed by atoms with Crippen LogP contribution in [0.3, 0.4) is 0 Å². The third-order valence-electron chi connectivity index (χ3n) is 5.61. The van der Waals surface area contributed by atoms with Crippen molar-refractivity contribution in [3.05, 3.63) is 0 Å². The quantitative estimate of drug-likeness (QED) is 0.371. The van der Waals surface area contributed by atoms with Gasteiger partial charge in [-0.05, 0) is 50.6 Å². The fraction of sp³-hybridized carbons (Fsp3) is 0.950. The number of aliphatic imine (C=N–C) groups is 1. The molecule has 0 bridgehead atoms. The molecule has 152 valence electrons. The topological polar surface area (TPSA) is 58.1 Å². The second-order valence-corrected chi connectivity index (χ2v) is 8.12. The van der Waals surface area contributed by atoms with Gasteiger partial charge in [-0.3, -0.25) is 9.89 Å². The summed E-state index contributed by atoms with van der Waals surface area (Å²) >= 11 is 0. The normalized spacial score (nSPS) is 24.2. The molecular weight excluding hydrogens is 328 g/mol. The van der Waals surface area contributed by atoms with Gasteiger partial charge in [0.05, 0.1) is 12.7 Å². The van der Waals surface area contributed by atoms with E-state index in [1.807, 2.05) is 7.05 Å². The molecule has 2 heterocycles. The van der Waals surface area contributed by atoms with Gasteiger partial charge in [0.1, 0.15) is 0 Å². The zero-order valence-corrected chi connectivity index (χ0v) is 17.3. The van der Waals surface area contributed by atoms with Gasteiger partial charge in [-0.2, -0.15) is 0 Å². The molecule has 0 amide bonds. The Hall–Kier alpha value is -0.850. The second-order valence-electron chi connectivity index (χ2n) is 8.12. The molecule has 6 heteroatoms. The molecule has 2 fully saturated rings. The fourth-order valence-electron chi connectivity index (χ4n) is 3.74. The van der Waals surface area contributed by atoms with Gasteiger partial charge in [-0.15, -0.1) is 0 Å². The lowest BCUT2D eigenvalue weighted by Gasteiger charge is -2.39. The van der Waals surface area contributed by atoms with Crippen molar-refractivity contribution in [1.29, 1.82) is 0 Å². The summed E-state index contributed by atoms with van der Waals surface area (Å²) < 4.78 is 11.1. The number of rotatable bonds is 9. The molecule has 0 saturated carbocycles. The average Bonchev–Trinajstić information content (AvgIpc) is 3.14. The van der Waals surface area contributed by atoms with Crippen LogP contribution in [0.2, 0.25) is 0 Å². The van der Waals surface area contributed by atoms with Crippen LogP contribution in [0.5, 0.6) is 0 Å². The number of ether oxygens (including phenoxy) is 2. The maximum atomic E-state index is 5.80. The highest BCUT2D eigenvalue weighted by Crippen LogP contribution is 2.21. The molecule has 2 saturated heterocycles. The molecule has 6 nitrogen and oxygen atoms in total. The number of nitrogens with zero attached hydrogens (tertiary/aromatic N) is 2. The second kappa shape index (κ2) is 11.8. The molecule has 0 aromatic carbocycles. The van der Waals surface area contributed by atoms with E-state index in [9.17, 15) is 0 Å². The van der Waals surface area contributed by atoms with Crippen LogP contribution in [0.25, 0.3) is 0 Å².